The normalized spacial score (nSPS) is 18.1. The Morgan fingerprint density at radius 2 is 1.89 bits per heavy atom. The number of carbonyl (C=O) groups excluding carboxylic acids is 2. The molecule has 0 radical (unpaired) electrons. The number of anilines is 1. The van der Waals surface area contributed by atoms with Gasteiger partial charge < -0.3 is 15.0 Å². The number of benzene rings is 2. The molecule has 6 nitrogen and oxygen atoms in total. The van der Waals surface area contributed by atoms with Gasteiger partial charge in [0.1, 0.15) is 5.75 Å². The molecule has 4 rings (SSSR count). The molecular formula is C21H22ClN3O3. The number of fused-ring (bicyclic) bond motifs is 1. The molecule has 2 aromatic carbocycles. The number of nitrogens with one attached hydrogen (secondary N) is 1. The topological polar surface area (TPSA) is 61.9 Å². The average molecular weight is 400 g/mol. The number of nitrogens with zero attached hydrogens (tertiary/aromatic N) is 2. The van der Waals surface area contributed by atoms with Gasteiger partial charge >= 0.3 is 0 Å². The van der Waals surface area contributed by atoms with Crippen LogP contribution in [-0.4, -0.2) is 54.4 Å². The van der Waals surface area contributed by atoms with Crippen molar-refractivity contribution in [3.05, 3.63) is 58.6 Å². The lowest BCUT2D eigenvalue weighted by Gasteiger charge is -2.38. The first kappa shape index (κ1) is 18.8. The minimum atomic E-state index is -0.209. The number of ether oxygens (including phenoxy) is 1. The molecule has 28 heavy (non-hydrogen) atoms. The molecule has 2 amide bonds. The number of hydrogen-bond donors (Lipinski definition) is 1. The van der Waals surface area contributed by atoms with E-state index in [1.54, 1.807) is 18.2 Å². The van der Waals surface area contributed by atoms with Crippen LogP contribution in [0.15, 0.2) is 42.5 Å². The quantitative estimate of drug-likeness (QED) is 0.861. The van der Waals surface area contributed by atoms with Crippen LogP contribution in [0.2, 0.25) is 5.02 Å². The van der Waals surface area contributed by atoms with Gasteiger partial charge in [0, 0.05) is 42.8 Å². The van der Waals surface area contributed by atoms with Gasteiger partial charge in [-0.15, -0.1) is 0 Å². The molecule has 2 aliphatic rings. The maximum atomic E-state index is 12.9. The van der Waals surface area contributed by atoms with E-state index in [0.29, 0.717) is 30.1 Å². The Bertz CT molecular complexity index is 910. The van der Waals surface area contributed by atoms with E-state index in [0.717, 1.165) is 23.7 Å². The molecule has 2 aromatic rings. The molecule has 146 valence electrons. The summed E-state index contributed by atoms with van der Waals surface area (Å²) in [6.45, 7) is 5.00. The van der Waals surface area contributed by atoms with Crippen molar-refractivity contribution in [2.24, 2.45) is 0 Å². The Balaban J connectivity index is 1.41. The molecule has 1 N–H and O–H groups in total. The van der Waals surface area contributed by atoms with Crippen molar-refractivity contribution in [1.29, 1.82) is 0 Å². The zero-order chi connectivity index (χ0) is 19.7. The lowest BCUT2D eigenvalue weighted by molar-refractivity contribution is -0.118. The van der Waals surface area contributed by atoms with E-state index in [1.165, 1.54) is 0 Å². The molecule has 7 heteroatoms. The third-order valence-corrected chi connectivity index (χ3v) is 5.71. The number of rotatable bonds is 3. The van der Waals surface area contributed by atoms with Crippen LogP contribution >= 0.6 is 11.6 Å². The monoisotopic (exact) mass is 399 g/mol. The lowest BCUT2D eigenvalue weighted by atomic mass is 10.1. The fourth-order valence-corrected chi connectivity index (χ4v) is 4.02. The molecular weight excluding hydrogens is 378 g/mol. The van der Waals surface area contributed by atoms with Crippen molar-refractivity contribution in [2.45, 2.75) is 13.0 Å². The van der Waals surface area contributed by atoms with Gasteiger partial charge in [0.2, 0.25) is 0 Å². The van der Waals surface area contributed by atoms with E-state index in [2.05, 4.69) is 17.1 Å². The number of hydrogen-bond acceptors (Lipinski definition) is 4. The number of piperazine rings is 1. The van der Waals surface area contributed by atoms with E-state index in [1.807, 2.05) is 29.2 Å². The van der Waals surface area contributed by atoms with E-state index >= 15 is 0 Å². The van der Waals surface area contributed by atoms with Crippen LogP contribution in [-0.2, 0) is 4.79 Å². The number of amides is 2. The number of carbonyl (C=O) groups is 2. The average Bonchev–Trinajstić information content (AvgIpc) is 2.72. The summed E-state index contributed by atoms with van der Waals surface area (Å²) in [6.07, 6.45) is 0. The zero-order valence-corrected chi connectivity index (χ0v) is 16.4. The molecule has 0 aromatic heterocycles. The standard InChI is InChI=1S/C21H22ClN3O3/c1-14(16-4-2-3-5-17(16)22)24-8-10-25(11-9-24)21(27)15-6-7-19-18(12-15)23-20(26)13-28-19/h2-7,12,14H,8-11,13H2,1H3,(H,23,26). The minimum Gasteiger partial charge on any atom is -0.482 e. The number of halogens is 1. The first-order valence-corrected chi connectivity index (χ1v) is 9.75. The Morgan fingerprint density at radius 3 is 2.64 bits per heavy atom. The zero-order valence-electron chi connectivity index (χ0n) is 15.7. The van der Waals surface area contributed by atoms with Crippen molar-refractivity contribution in [3.63, 3.8) is 0 Å². The first-order valence-electron chi connectivity index (χ1n) is 9.37. The molecule has 0 bridgehead atoms. The van der Waals surface area contributed by atoms with Crippen LogP contribution in [0.1, 0.15) is 28.9 Å². The second kappa shape index (κ2) is 7.81. The van der Waals surface area contributed by atoms with Gasteiger partial charge in [-0.2, -0.15) is 0 Å². The van der Waals surface area contributed by atoms with Crippen LogP contribution in [0.3, 0.4) is 0 Å². The van der Waals surface area contributed by atoms with Crippen molar-refractivity contribution < 1.29 is 14.3 Å². The molecule has 0 spiro atoms. The van der Waals surface area contributed by atoms with Gasteiger partial charge in [0.05, 0.1) is 5.69 Å². The van der Waals surface area contributed by atoms with Gasteiger partial charge in [-0.1, -0.05) is 29.8 Å². The Morgan fingerprint density at radius 1 is 1.14 bits per heavy atom. The van der Waals surface area contributed by atoms with E-state index in [-0.39, 0.29) is 24.5 Å². The highest BCUT2D eigenvalue weighted by molar-refractivity contribution is 6.31. The van der Waals surface area contributed by atoms with E-state index in [9.17, 15) is 9.59 Å². The molecule has 0 aliphatic carbocycles. The summed E-state index contributed by atoms with van der Waals surface area (Å²) in [5, 5.41) is 3.52. The maximum absolute atomic E-state index is 12.9. The SMILES string of the molecule is CC(c1ccccc1Cl)N1CCN(C(=O)c2ccc3c(c2)NC(=O)CO3)CC1. The summed E-state index contributed by atoms with van der Waals surface area (Å²) in [5.74, 6) is 0.349. The van der Waals surface area contributed by atoms with Gasteiger partial charge in [-0.3, -0.25) is 14.5 Å². The molecule has 2 heterocycles. The Labute approximate surface area is 169 Å². The predicted octanol–water partition coefficient (Wildman–Crippen LogP) is 3.19. The second-order valence-electron chi connectivity index (χ2n) is 7.07. The Kier molecular flexibility index (Phi) is 5.24. The molecule has 1 saturated heterocycles. The summed E-state index contributed by atoms with van der Waals surface area (Å²) in [5.41, 5.74) is 2.21. The second-order valence-corrected chi connectivity index (χ2v) is 7.48. The summed E-state index contributed by atoms with van der Waals surface area (Å²) < 4.78 is 5.35. The van der Waals surface area contributed by atoms with Gasteiger partial charge in [0.25, 0.3) is 11.8 Å². The molecule has 1 fully saturated rings. The van der Waals surface area contributed by atoms with Gasteiger partial charge in [-0.05, 0) is 36.8 Å². The fourth-order valence-electron chi connectivity index (χ4n) is 3.72. The molecule has 1 atom stereocenters. The van der Waals surface area contributed by atoms with Crippen LogP contribution in [0.25, 0.3) is 0 Å². The smallest absolute Gasteiger partial charge is 0.262 e. The summed E-state index contributed by atoms with van der Waals surface area (Å²) in [4.78, 5) is 28.6. The van der Waals surface area contributed by atoms with Crippen LogP contribution < -0.4 is 10.1 Å². The highest BCUT2D eigenvalue weighted by atomic mass is 35.5. The van der Waals surface area contributed by atoms with Gasteiger partial charge in [-0.25, -0.2) is 0 Å². The minimum absolute atomic E-state index is 0.00582. The van der Waals surface area contributed by atoms with Crippen LogP contribution in [0.4, 0.5) is 5.69 Å². The Hall–Kier alpha value is -2.57. The van der Waals surface area contributed by atoms with Crippen molar-refractivity contribution >= 4 is 29.1 Å². The highest BCUT2D eigenvalue weighted by Gasteiger charge is 2.27. The molecule has 0 saturated carbocycles. The van der Waals surface area contributed by atoms with E-state index < -0.39 is 0 Å². The predicted molar refractivity (Wildman–Crippen MR) is 108 cm³/mol. The van der Waals surface area contributed by atoms with Crippen LogP contribution in [0.5, 0.6) is 5.75 Å². The summed E-state index contributed by atoms with van der Waals surface area (Å²) >= 11 is 6.33. The van der Waals surface area contributed by atoms with Crippen molar-refractivity contribution in [2.75, 3.05) is 38.1 Å². The molecule has 1 unspecified atom stereocenters. The largest absolute Gasteiger partial charge is 0.482 e. The van der Waals surface area contributed by atoms with Crippen molar-refractivity contribution in [1.82, 2.24) is 9.80 Å². The summed E-state index contributed by atoms with van der Waals surface area (Å²) in [7, 11) is 0. The maximum Gasteiger partial charge on any atom is 0.262 e. The van der Waals surface area contributed by atoms with Crippen LogP contribution in [0, 0.1) is 0 Å². The van der Waals surface area contributed by atoms with Crippen molar-refractivity contribution in [3.8, 4) is 5.75 Å². The first-order chi connectivity index (χ1) is 13.5. The highest BCUT2D eigenvalue weighted by Crippen LogP contribution is 2.30. The third-order valence-electron chi connectivity index (χ3n) is 5.36. The third kappa shape index (κ3) is 3.70. The van der Waals surface area contributed by atoms with Gasteiger partial charge in [0.15, 0.2) is 6.61 Å². The van der Waals surface area contributed by atoms with E-state index in [4.69, 9.17) is 16.3 Å². The summed E-state index contributed by atoms with van der Waals surface area (Å²) in [6, 6.07) is 13.3. The fraction of sp³-hybridized carbons (Fsp3) is 0.333. The molecule has 2 aliphatic heterocycles. The lowest BCUT2D eigenvalue weighted by Crippen LogP contribution is -2.49.